The van der Waals surface area contributed by atoms with E-state index in [-0.39, 0.29) is 25.4 Å². The van der Waals surface area contributed by atoms with Crippen LogP contribution in [-0.2, 0) is 24.8 Å². The zero-order valence-corrected chi connectivity index (χ0v) is 20.0. The van der Waals surface area contributed by atoms with Crippen LogP contribution in [0.5, 0.6) is 0 Å². The van der Waals surface area contributed by atoms with E-state index in [0.717, 1.165) is 23.6 Å². The fraction of sp³-hybridized carbons (Fsp3) is 0.409. The molecule has 1 heterocycles. The van der Waals surface area contributed by atoms with Crippen molar-refractivity contribution in [2.45, 2.75) is 27.2 Å². The summed E-state index contributed by atoms with van der Waals surface area (Å²) in [6.07, 6.45) is 5.43. The summed E-state index contributed by atoms with van der Waals surface area (Å²) < 4.78 is 23.0. The van der Waals surface area contributed by atoms with Gasteiger partial charge < -0.3 is 24.6 Å². The molecule has 0 radical (unpaired) electrons. The molecule has 0 unspecified atom stereocenters. The first kappa shape index (κ1) is 25.5. The first-order valence-corrected chi connectivity index (χ1v) is 12.3. The Labute approximate surface area is 189 Å². The zero-order chi connectivity index (χ0) is 23.4. The van der Waals surface area contributed by atoms with Gasteiger partial charge in [0, 0.05) is 25.5 Å². The third-order valence-corrected chi connectivity index (χ3v) is 6.32. The van der Waals surface area contributed by atoms with E-state index in [0.29, 0.717) is 12.4 Å². The van der Waals surface area contributed by atoms with Crippen LogP contribution in [0.15, 0.2) is 48.7 Å². The van der Waals surface area contributed by atoms with Crippen LogP contribution < -0.4 is 10.6 Å². The van der Waals surface area contributed by atoms with Gasteiger partial charge in [0.1, 0.15) is 12.1 Å². The van der Waals surface area contributed by atoms with E-state index in [9.17, 15) is 9.36 Å². The average molecular weight is 462 g/mol. The SMILES string of the molecule is CCNc1ccnc(Nc2ccc(C/C=C/C(=O)N(C)CP(=O)(OCC)OCC)cc2)n1. The fourth-order valence-electron chi connectivity index (χ4n) is 2.82. The second-order valence-corrected chi connectivity index (χ2v) is 8.87. The van der Waals surface area contributed by atoms with Gasteiger partial charge in [0.2, 0.25) is 11.9 Å². The molecule has 2 aromatic rings. The lowest BCUT2D eigenvalue weighted by Crippen LogP contribution is -2.27. The number of likely N-dealkylation sites (N-methyl/N-ethyl adjacent to an activating group) is 1. The van der Waals surface area contributed by atoms with Crippen LogP contribution in [0.1, 0.15) is 26.3 Å². The van der Waals surface area contributed by atoms with E-state index >= 15 is 0 Å². The van der Waals surface area contributed by atoms with Crippen molar-refractivity contribution >= 4 is 31.0 Å². The summed E-state index contributed by atoms with van der Waals surface area (Å²) in [6.45, 7) is 6.79. The van der Waals surface area contributed by atoms with Crippen LogP contribution in [0.25, 0.3) is 0 Å². The van der Waals surface area contributed by atoms with Gasteiger partial charge in [0.15, 0.2) is 0 Å². The highest BCUT2D eigenvalue weighted by Crippen LogP contribution is 2.48. The minimum atomic E-state index is -3.31. The Morgan fingerprint density at radius 1 is 1.12 bits per heavy atom. The number of benzene rings is 1. The van der Waals surface area contributed by atoms with Crippen molar-refractivity contribution in [2.24, 2.45) is 0 Å². The van der Waals surface area contributed by atoms with Gasteiger partial charge >= 0.3 is 7.60 Å². The average Bonchev–Trinajstić information content (AvgIpc) is 2.75. The van der Waals surface area contributed by atoms with Crippen LogP contribution in [0.3, 0.4) is 0 Å². The zero-order valence-electron chi connectivity index (χ0n) is 19.1. The maximum absolute atomic E-state index is 12.6. The standard InChI is InChI=1S/C22H32N5O4P/c1-5-23-20-15-16-24-22(26-20)25-19-13-11-18(12-14-19)9-8-10-21(28)27(4)17-32(29,30-6-2)31-7-3/h8,10-16H,5-7,9,17H2,1-4H3,(H2,23,24,25,26)/b10-8+. The number of rotatable bonds is 13. The summed E-state index contributed by atoms with van der Waals surface area (Å²) in [5.74, 6) is 1.02. The second-order valence-electron chi connectivity index (χ2n) is 6.85. The van der Waals surface area contributed by atoms with Crippen molar-refractivity contribution in [2.75, 3.05) is 43.7 Å². The van der Waals surface area contributed by atoms with E-state index < -0.39 is 7.60 Å². The molecule has 10 heteroatoms. The molecule has 0 fully saturated rings. The maximum Gasteiger partial charge on any atom is 0.349 e. The Hall–Kier alpha value is -2.74. The van der Waals surface area contributed by atoms with E-state index in [4.69, 9.17) is 9.05 Å². The van der Waals surface area contributed by atoms with Crippen molar-refractivity contribution < 1.29 is 18.4 Å². The van der Waals surface area contributed by atoms with Crippen LogP contribution in [0.4, 0.5) is 17.5 Å². The van der Waals surface area contributed by atoms with Crippen LogP contribution in [0.2, 0.25) is 0 Å². The number of hydrogen-bond acceptors (Lipinski definition) is 8. The van der Waals surface area contributed by atoms with E-state index in [1.807, 2.05) is 37.3 Å². The smallest absolute Gasteiger partial charge is 0.349 e. The highest BCUT2D eigenvalue weighted by atomic mass is 31.2. The number of carbonyl (C=O) groups excluding carboxylic acids is 1. The molecule has 2 rings (SSSR count). The summed E-state index contributed by atoms with van der Waals surface area (Å²) >= 11 is 0. The van der Waals surface area contributed by atoms with Gasteiger partial charge in [-0.05, 0) is 57.0 Å². The summed E-state index contributed by atoms with van der Waals surface area (Å²) in [4.78, 5) is 22.3. The van der Waals surface area contributed by atoms with Crippen molar-refractivity contribution in [1.82, 2.24) is 14.9 Å². The number of anilines is 3. The van der Waals surface area contributed by atoms with Gasteiger partial charge in [0.05, 0.1) is 13.2 Å². The lowest BCUT2D eigenvalue weighted by Gasteiger charge is -2.22. The van der Waals surface area contributed by atoms with Gasteiger partial charge in [-0.15, -0.1) is 0 Å². The first-order valence-electron chi connectivity index (χ1n) is 10.6. The number of nitrogens with zero attached hydrogens (tertiary/aromatic N) is 3. The molecule has 0 saturated heterocycles. The molecule has 0 atom stereocenters. The van der Waals surface area contributed by atoms with E-state index in [1.165, 1.54) is 11.0 Å². The normalized spacial score (nSPS) is 11.5. The molecule has 1 amide bonds. The lowest BCUT2D eigenvalue weighted by molar-refractivity contribution is -0.124. The largest absolute Gasteiger partial charge is 0.370 e. The molecule has 0 bridgehead atoms. The number of aromatic nitrogens is 2. The minimum Gasteiger partial charge on any atom is -0.370 e. The van der Waals surface area contributed by atoms with E-state index in [2.05, 4.69) is 20.6 Å². The number of nitrogens with one attached hydrogen (secondary N) is 2. The van der Waals surface area contributed by atoms with Crippen molar-refractivity contribution in [3.05, 3.63) is 54.2 Å². The predicted molar refractivity (Wildman–Crippen MR) is 127 cm³/mol. The number of carbonyl (C=O) groups is 1. The Morgan fingerprint density at radius 3 is 2.44 bits per heavy atom. The highest BCUT2D eigenvalue weighted by molar-refractivity contribution is 7.53. The van der Waals surface area contributed by atoms with Crippen LogP contribution in [-0.4, -0.2) is 53.9 Å². The molecule has 0 aliphatic heterocycles. The lowest BCUT2D eigenvalue weighted by atomic mass is 10.1. The van der Waals surface area contributed by atoms with Crippen molar-refractivity contribution in [3.63, 3.8) is 0 Å². The van der Waals surface area contributed by atoms with Crippen molar-refractivity contribution in [1.29, 1.82) is 0 Å². The topological polar surface area (TPSA) is 106 Å². The fourth-order valence-corrected chi connectivity index (χ4v) is 4.50. The van der Waals surface area contributed by atoms with Gasteiger partial charge in [-0.1, -0.05) is 18.2 Å². The summed E-state index contributed by atoms with van der Waals surface area (Å²) in [7, 11) is -1.74. The summed E-state index contributed by atoms with van der Waals surface area (Å²) in [5, 5.41) is 6.32. The number of hydrogen-bond donors (Lipinski definition) is 2. The third kappa shape index (κ3) is 8.42. The Kier molecular flexibility index (Phi) is 10.3. The quantitative estimate of drug-likeness (QED) is 0.333. The Balaban J connectivity index is 1.88. The Bertz CT molecular complexity index is 926. The first-order chi connectivity index (χ1) is 15.4. The van der Waals surface area contributed by atoms with Crippen molar-refractivity contribution in [3.8, 4) is 0 Å². The second kappa shape index (κ2) is 13.0. The van der Waals surface area contributed by atoms with Crippen LogP contribution >= 0.6 is 7.60 Å². The molecule has 174 valence electrons. The molecule has 1 aromatic carbocycles. The molecule has 9 nitrogen and oxygen atoms in total. The van der Waals surface area contributed by atoms with Gasteiger partial charge in [-0.2, -0.15) is 4.98 Å². The maximum atomic E-state index is 12.6. The van der Waals surface area contributed by atoms with Gasteiger partial charge in [0.25, 0.3) is 0 Å². The molecule has 1 aromatic heterocycles. The molecule has 0 aliphatic carbocycles. The highest BCUT2D eigenvalue weighted by Gasteiger charge is 2.27. The summed E-state index contributed by atoms with van der Waals surface area (Å²) in [5.41, 5.74) is 1.91. The number of allylic oxidation sites excluding steroid dienone is 1. The molecule has 0 aliphatic rings. The third-order valence-electron chi connectivity index (χ3n) is 4.25. The molecule has 0 saturated carbocycles. The molecular formula is C22H32N5O4P. The molecular weight excluding hydrogens is 429 g/mol. The molecule has 0 spiro atoms. The van der Waals surface area contributed by atoms with Crippen LogP contribution in [0, 0.1) is 0 Å². The van der Waals surface area contributed by atoms with Gasteiger partial charge in [-0.3, -0.25) is 9.36 Å². The van der Waals surface area contributed by atoms with E-state index in [1.54, 1.807) is 33.2 Å². The molecule has 32 heavy (non-hydrogen) atoms. The molecule has 2 N–H and O–H groups in total. The number of amides is 1. The Morgan fingerprint density at radius 2 is 1.81 bits per heavy atom. The van der Waals surface area contributed by atoms with Gasteiger partial charge in [-0.25, -0.2) is 4.98 Å². The minimum absolute atomic E-state index is 0.0880. The summed E-state index contributed by atoms with van der Waals surface area (Å²) in [6, 6.07) is 9.61. The monoisotopic (exact) mass is 461 g/mol. The predicted octanol–water partition coefficient (Wildman–Crippen LogP) is 4.43.